The molecule has 0 aliphatic carbocycles. The molecule has 1 saturated heterocycles. The molecule has 1 heterocycles. The molecular weight excluding hydrogens is 253 g/mol. The molecule has 1 aliphatic rings. The first kappa shape index (κ1) is 15.5. The normalized spacial score (nSPS) is 24.6. The van der Waals surface area contributed by atoms with E-state index < -0.39 is 5.60 Å². The first-order valence-electron chi connectivity index (χ1n) is 7.68. The summed E-state index contributed by atoms with van der Waals surface area (Å²) in [5.41, 5.74) is 1.29. The summed E-state index contributed by atoms with van der Waals surface area (Å²) < 4.78 is 14.3. The Morgan fingerprint density at radius 1 is 1.25 bits per heavy atom. The first-order valence-corrected chi connectivity index (χ1v) is 7.68. The molecule has 1 atom stereocenters. The predicted molar refractivity (Wildman–Crippen MR) is 80.4 cm³/mol. The molecule has 0 amide bonds. The molecule has 20 heavy (non-hydrogen) atoms. The van der Waals surface area contributed by atoms with E-state index >= 15 is 0 Å². The Bertz CT molecular complexity index is 451. The predicted octanol–water partition coefficient (Wildman–Crippen LogP) is 3.53. The standard InChI is InChI=1S/C17H26FNO/c1-4-8-19-9-5-6-17(20,7-10-19)16-14(3)11-13(2)12-15(16)18/h11-12,20H,4-10H2,1-3H3. The Morgan fingerprint density at radius 2 is 2.00 bits per heavy atom. The quantitative estimate of drug-likeness (QED) is 0.915. The molecule has 1 aromatic carbocycles. The number of hydrogen-bond acceptors (Lipinski definition) is 2. The second kappa shape index (κ2) is 6.23. The lowest BCUT2D eigenvalue weighted by molar-refractivity contribution is 0.0172. The maximum Gasteiger partial charge on any atom is 0.129 e. The minimum Gasteiger partial charge on any atom is -0.385 e. The fourth-order valence-corrected chi connectivity index (χ4v) is 3.47. The van der Waals surface area contributed by atoms with Crippen LogP contribution in [0.1, 0.15) is 49.3 Å². The zero-order valence-electron chi connectivity index (χ0n) is 12.9. The van der Waals surface area contributed by atoms with Gasteiger partial charge in [0.15, 0.2) is 0 Å². The van der Waals surface area contributed by atoms with Crippen molar-refractivity contribution in [2.24, 2.45) is 0 Å². The van der Waals surface area contributed by atoms with Crippen LogP contribution in [0.15, 0.2) is 12.1 Å². The van der Waals surface area contributed by atoms with E-state index in [1.165, 1.54) is 6.07 Å². The Hall–Kier alpha value is -0.930. The summed E-state index contributed by atoms with van der Waals surface area (Å²) in [7, 11) is 0. The fraction of sp³-hybridized carbons (Fsp3) is 0.647. The number of benzene rings is 1. The van der Waals surface area contributed by atoms with Crippen molar-refractivity contribution in [1.82, 2.24) is 4.90 Å². The van der Waals surface area contributed by atoms with Crippen LogP contribution in [0.4, 0.5) is 4.39 Å². The van der Waals surface area contributed by atoms with Crippen LogP contribution in [0.2, 0.25) is 0 Å². The van der Waals surface area contributed by atoms with Crippen LogP contribution in [-0.4, -0.2) is 29.6 Å². The lowest BCUT2D eigenvalue weighted by Gasteiger charge is -2.29. The van der Waals surface area contributed by atoms with Gasteiger partial charge in [-0.25, -0.2) is 4.39 Å². The van der Waals surface area contributed by atoms with Crippen molar-refractivity contribution in [3.8, 4) is 0 Å². The summed E-state index contributed by atoms with van der Waals surface area (Å²) in [6, 6.07) is 3.50. The van der Waals surface area contributed by atoms with E-state index in [2.05, 4.69) is 11.8 Å². The molecule has 3 heteroatoms. The zero-order chi connectivity index (χ0) is 14.8. The van der Waals surface area contributed by atoms with Gasteiger partial charge in [-0.2, -0.15) is 0 Å². The van der Waals surface area contributed by atoms with Crippen molar-refractivity contribution in [3.05, 3.63) is 34.6 Å². The minimum atomic E-state index is -1.01. The Kier molecular flexibility index (Phi) is 4.82. The van der Waals surface area contributed by atoms with E-state index in [-0.39, 0.29) is 5.82 Å². The number of aliphatic hydroxyl groups is 1. The molecule has 1 unspecified atom stereocenters. The number of hydrogen-bond donors (Lipinski definition) is 1. The van der Waals surface area contributed by atoms with Gasteiger partial charge >= 0.3 is 0 Å². The van der Waals surface area contributed by atoms with Gasteiger partial charge in [0, 0.05) is 12.1 Å². The molecule has 0 spiro atoms. The highest BCUT2D eigenvalue weighted by Crippen LogP contribution is 2.36. The smallest absolute Gasteiger partial charge is 0.129 e. The third-order valence-corrected chi connectivity index (χ3v) is 4.34. The van der Waals surface area contributed by atoms with Gasteiger partial charge < -0.3 is 10.0 Å². The number of nitrogens with zero attached hydrogens (tertiary/aromatic N) is 1. The van der Waals surface area contributed by atoms with Crippen LogP contribution < -0.4 is 0 Å². The third kappa shape index (κ3) is 3.21. The molecular formula is C17H26FNO. The number of halogens is 1. The number of aryl methyl sites for hydroxylation is 2. The van der Waals surface area contributed by atoms with Crippen molar-refractivity contribution in [3.63, 3.8) is 0 Å². The molecule has 0 aromatic heterocycles. The van der Waals surface area contributed by atoms with Gasteiger partial charge in [0.05, 0.1) is 5.60 Å². The maximum atomic E-state index is 14.3. The summed E-state index contributed by atoms with van der Waals surface area (Å²) >= 11 is 0. The van der Waals surface area contributed by atoms with Gasteiger partial charge in [0.25, 0.3) is 0 Å². The summed E-state index contributed by atoms with van der Waals surface area (Å²) in [6.07, 6.45) is 3.31. The summed E-state index contributed by atoms with van der Waals surface area (Å²) in [5.74, 6) is -0.256. The monoisotopic (exact) mass is 279 g/mol. The SMILES string of the molecule is CCCN1CCCC(O)(c2c(C)cc(C)cc2F)CC1. The molecule has 1 aliphatic heterocycles. The molecule has 1 fully saturated rings. The molecule has 0 saturated carbocycles. The Labute approximate surface area is 121 Å². The van der Waals surface area contributed by atoms with Gasteiger partial charge in [-0.3, -0.25) is 0 Å². The van der Waals surface area contributed by atoms with E-state index in [0.29, 0.717) is 18.4 Å². The van der Waals surface area contributed by atoms with Crippen molar-refractivity contribution >= 4 is 0 Å². The molecule has 2 rings (SSSR count). The van der Waals surface area contributed by atoms with Gasteiger partial charge in [-0.1, -0.05) is 13.0 Å². The van der Waals surface area contributed by atoms with Crippen LogP contribution >= 0.6 is 0 Å². The second-order valence-electron chi connectivity index (χ2n) is 6.17. The minimum absolute atomic E-state index is 0.256. The van der Waals surface area contributed by atoms with E-state index in [9.17, 15) is 9.50 Å². The average molecular weight is 279 g/mol. The fourth-order valence-electron chi connectivity index (χ4n) is 3.47. The first-order chi connectivity index (χ1) is 9.46. The summed E-state index contributed by atoms with van der Waals surface area (Å²) in [4.78, 5) is 2.37. The van der Waals surface area contributed by atoms with Crippen molar-refractivity contribution in [2.75, 3.05) is 19.6 Å². The highest BCUT2D eigenvalue weighted by Gasteiger charge is 2.35. The van der Waals surface area contributed by atoms with Gasteiger partial charge in [0.1, 0.15) is 5.82 Å². The van der Waals surface area contributed by atoms with E-state index in [1.54, 1.807) is 0 Å². The lowest BCUT2D eigenvalue weighted by Crippen LogP contribution is -2.31. The molecule has 1 aromatic rings. The molecule has 2 nitrogen and oxygen atoms in total. The third-order valence-electron chi connectivity index (χ3n) is 4.34. The highest BCUT2D eigenvalue weighted by atomic mass is 19.1. The van der Waals surface area contributed by atoms with Gasteiger partial charge in [-0.15, -0.1) is 0 Å². The Morgan fingerprint density at radius 3 is 2.65 bits per heavy atom. The summed E-state index contributed by atoms with van der Waals surface area (Å²) in [6.45, 7) is 8.87. The maximum absolute atomic E-state index is 14.3. The van der Waals surface area contributed by atoms with Crippen LogP contribution in [0.5, 0.6) is 0 Å². The number of likely N-dealkylation sites (tertiary alicyclic amines) is 1. The van der Waals surface area contributed by atoms with Crippen molar-refractivity contribution < 1.29 is 9.50 Å². The van der Waals surface area contributed by atoms with Crippen LogP contribution in [0, 0.1) is 19.7 Å². The molecule has 0 bridgehead atoms. The van der Waals surface area contributed by atoms with Crippen molar-refractivity contribution in [1.29, 1.82) is 0 Å². The number of rotatable bonds is 3. The van der Waals surface area contributed by atoms with Gasteiger partial charge in [-0.05, 0) is 69.8 Å². The largest absolute Gasteiger partial charge is 0.385 e. The Balaban J connectivity index is 2.27. The van der Waals surface area contributed by atoms with E-state index in [1.807, 2.05) is 19.9 Å². The highest BCUT2D eigenvalue weighted by molar-refractivity contribution is 5.36. The van der Waals surface area contributed by atoms with Crippen molar-refractivity contribution in [2.45, 2.75) is 52.1 Å². The second-order valence-corrected chi connectivity index (χ2v) is 6.17. The van der Waals surface area contributed by atoms with Crippen LogP contribution in [0.25, 0.3) is 0 Å². The summed E-state index contributed by atoms with van der Waals surface area (Å²) in [5, 5.41) is 11.0. The molecule has 112 valence electrons. The van der Waals surface area contributed by atoms with E-state index in [0.717, 1.165) is 43.6 Å². The van der Waals surface area contributed by atoms with Crippen LogP contribution in [-0.2, 0) is 5.60 Å². The topological polar surface area (TPSA) is 23.5 Å². The molecule has 0 radical (unpaired) electrons. The lowest BCUT2D eigenvalue weighted by atomic mass is 9.83. The van der Waals surface area contributed by atoms with E-state index in [4.69, 9.17) is 0 Å². The molecule has 1 N–H and O–H groups in total. The van der Waals surface area contributed by atoms with Crippen LogP contribution in [0.3, 0.4) is 0 Å². The zero-order valence-corrected chi connectivity index (χ0v) is 12.9. The average Bonchev–Trinajstić information content (AvgIpc) is 2.51. The van der Waals surface area contributed by atoms with Gasteiger partial charge in [0.2, 0.25) is 0 Å².